The molecule has 1 heterocycles. The Morgan fingerprint density at radius 2 is 2.14 bits per heavy atom. The smallest absolute Gasteiger partial charge is 0.252 e. The maximum atomic E-state index is 12.3. The van der Waals surface area contributed by atoms with Crippen LogP contribution in [-0.4, -0.2) is 33.6 Å². The number of hydrogen-bond acceptors (Lipinski definition) is 5. The minimum atomic E-state index is -3.78. The average Bonchev–Trinajstić information content (AvgIpc) is 2.75. The number of thiophene rings is 1. The van der Waals surface area contributed by atoms with Crippen LogP contribution in [0.2, 0.25) is 0 Å². The van der Waals surface area contributed by atoms with Crippen molar-refractivity contribution in [2.75, 3.05) is 7.11 Å². The summed E-state index contributed by atoms with van der Waals surface area (Å²) >= 11 is 0.971. The Kier molecular flexibility index (Phi) is 4.18. The Bertz CT molecular complexity index is 664. The van der Waals surface area contributed by atoms with Crippen molar-refractivity contribution in [3.63, 3.8) is 0 Å². The molecule has 8 heteroatoms. The fraction of sp³-hybridized carbons (Fsp3) is 0.615. The molecule has 1 fully saturated rings. The molecule has 0 radical (unpaired) electrons. The largest absolute Gasteiger partial charge is 0.381 e. The number of methoxy groups -OCH3 is 1. The van der Waals surface area contributed by atoms with Gasteiger partial charge >= 0.3 is 0 Å². The number of carbonyl (C=O) groups excluding carboxylic acids is 1. The first-order valence-electron chi connectivity index (χ1n) is 6.53. The van der Waals surface area contributed by atoms with Gasteiger partial charge in [0.2, 0.25) is 10.0 Å². The fourth-order valence-electron chi connectivity index (χ4n) is 2.67. The van der Waals surface area contributed by atoms with Crippen molar-refractivity contribution >= 4 is 27.3 Å². The third-order valence-electron chi connectivity index (χ3n) is 4.26. The second kappa shape index (κ2) is 5.35. The summed E-state index contributed by atoms with van der Waals surface area (Å²) in [5.74, 6) is -0.272. The molecule has 1 aliphatic rings. The van der Waals surface area contributed by atoms with Crippen molar-refractivity contribution in [1.82, 2.24) is 5.32 Å². The molecule has 2 atom stereocenters. The SMILES string of the molecule is COC1CC(NC(=O)c2csc(S(N)(=O)=O)c2C)C1(C)C. The zero-order valence-electron chi connectivity index (χ0n) is 12.5. The number of carbonyl (C=O) groups is 1. The predicted molar refractivity (Wildman–Crippen MR) is 80.9 cm³/mol. The van der Waals surface area contributed by atoms with Crippen molar-refractivity contribution < 1.29 is 17.9 Å². The molecule has 1 aromatic heterocycles. The van der Waals surface area contributed by atoms with E-state index in [-0.39, 0.29) is 27.7 Å². The molecule has 2 rings (SSSR count). The predicted octanol–water partition coefficient (Wildman–Crippen LogP) is 1.25. The summed E-state index contributed by atoms with van der Waals surface area (Å²) < 4.78 is 28.2. The van der Waals surface area contributed by atoms with Gasteiger partial charge in [-0.2, -0.15) is 0 Å². The molecule has 6 nitrogen and oxygen atoms in total. The molecule has 1 aliphatic carbocycles. The minimum Gasteiger partial charge on any atom is -0.381 e. The summed E-state index contributed by atoms with van der Waals surface area (Å²) in [6.45, 7) is 5.66. The summed E-state index contributed by atoms with van der Waals surface area (Å²) in [6.07, 6.45) is 0.867. The van der Waals surface area contributed by atoms with E-state index in [1.165, 1.54) is 5.38 Å². The molecule has 0 aliphatic heterocycles. The molecule has 21 heavy (non-hydrogen) atoms. The van der Waals surface area contributed by atoms with Gasteiger partial charge in [0.25, 0.3) is 5.91 Å². The molecule has 0 saturated heterocycles. The van der Waals surface area contributed by atoms with Crippen LogP contribution in [0.4, 0.5) is 0 Å². The Morgan fingerprint density at radius 3 is 2.57 bits per heavy atom. The van der Waals surface area contributed by atoms with E-state index in [1.54, 1.807) is 14.0 Å². The van der Waals surface area contributed by atoms with Gasteiger partial charge in [-0.15, -0.1) is 11.3 Å². The van der Waals surface area contributed by atoms with E-state index in [1.807, 2.05) is 13.8 Å². The molecular formula is C13H20N2O4S2. The van der Waals surface area contributed by atoms with Crippen LogP contribution in [0.15, 0.2) is 9.59 Å². The number of sulfonamides is 1. The van der Waals surface area contributed by atoms with Gasteiger partial charge in [-0.3, -0.25) is 4.79 Å². The summed E-state index contributed by atoms with van der Waals surface area (Å²) in [4.78, 5) is 12.3. The van der Waals surface area contributed by atoms with Crippen LogP contribution >= 0.6 is 11.3 Å². The van der Waals surface area contributed by atoms with Crippen molar-refractivity contribution in [2.45, 2.75) is 43.5 Å². The first kappa shape index (κ1) is 16.4. The lowest BCUT2D eigenvalue weighted by Gasteiger charge is -2.51. The quantitative estimate of drug-likeness (QED) is 0.867. The highest BCUT2D eigenvalue weighted by molar-refractivity contribution is 7.91. The highest BCUT2D eigenvalue weighted by Crippen LogP contribution is 2.42. The van der Waals surface area contributed by atoms with Crippen LogP contribution in [0.5, 0.6) is 0 Å². The first-order valence-corrected chi connectivity index (χ1v) is 8.96. The van der Waals surface area contributed by atoms with Crippen molar-refractivity contribution in [3.05, 3.63) is 16.5 Å². The number of amides is 1. The topological polar surface area (TPSA) is 98.5 Å². The molecule has 1 amide bonds. The van der Waals surface area contributed by atoms with Crippen molar-refractivity contribution in [1.29, 1.82) is 0 Å². The van der Waals surface area contributed by atoms with Crippen molar-refractivity contribution in [2.24, 2.45) is 10.6 Å². The molecule has 118 valence electrons. The maximum Gasteiger partial charge on any atom is 0.252 e. The van der Waals surface area contributed by atoms with E-state index in [4.69, 9.17) is 9.88 Å². The van der Waals surface area contributed by atoms with Gasteiger partial charge in [-0.25, -0.2) is 13.6 Å². The Balaban J connectivity index is 2.15. The number of ether oxygens (including phenoxy) is 1. The van der Waals surface area contributed by atoms with Crippen LogP contribution in [0, 0.1) is 12.3 Å². The van der Waals surface area contributed by atoms with Gasteiger partial charge in [0.1, 0.15) is 4.21 Å². The molecular weight excluding hydrogens is 312 g/mol. The molecule has 2 unspecified atom stereocenters. The summed E-state index contributed by atoms with van der Waals surface area (Å²) in [6, 6.07) is 0.00665. The Hall–Kier alpha value is -0.960. The number of hydrogen-bond donors (Lipinski definition) is 2. The van der Waals surface area contributed by atoms with Gasteiger partial charge in [0.05, 0.1) is 11.7 Å². The number of rotatable bonds is 4. The van der Waals surface area contributed by atoms with E-state index < -0.39 is 10.0 Å². The lowest BCUT2D eigenvalue weighted by Crippen LogP contribution is -2.61. The van der Waals surface area contributed by atoms with Gasteiger partial charge < -0.3 is 10.1 Å². The zero-order chi connectivity index (χ0) is 16.0. The normalized spacial score (nSPS) is 24.4. The zero-order valence-corrected chi connectivity index (χ0v) is 14.1. The van der Waals surface area contributed by atoms with Gasteiger partial charge in [0.15, 0.2) is 0 Å². The highest BCUT2D eigenvalue weighted by atomic mass is 32.2. The van der Waals surface area contributed by atoms with Crippen LogP contribution < -0.4 is 10.5 Å². The average molecular weight is 332 g/mol. The second-order valence-corrected chi connectivity index (χ2v) is 8.55. The molecule has 0 aromatic carbocycles. The summed E-state index contributed by atoms with van der Waals surface area (Å²) in [7, 11) is -2.12. The number of nitrogens with two attached hydrogens (primary N) is 1. The summed E-state index contributed by atoms with van der Waals surface area (Å²) in [5.41, 5.74) is 0.623. The van der Waals surface area contributed by atoms with E-state index in [0.717, 1.165) is 17.8 Å². The minimum absolute atomic E-state index is 0.00665. The van der Waals surface area contributed by atoms with E-state index >= 15 is 0 Å². The Morgan fingerprint density at radius 1 is 1.52 bits per heavy atom. The van der Waals surface area contributed by atoms with Gasteiger partial charge in [-0.05, 0) is 18.9 Å². The molecule has 1 saturated carbocycles. The Labute approximate surface area is 128 Å². The van der Waals surface area contributed by atoms with Crippen LogP contribution in [-0.2, 0) is 14.8 Å². The lowest BCUT2D eigenvalue weighted by molar-refractivity contribution is -0.0942. The number of nitrogens with one attached hydrogen (secondary N) is 1. The van der Waals surface area contributed by atoms with E-state index in [2.05, 4.69) is 5.32 Å². The monoisotopic (exact) mass is 332 g/mol. The van der Waals surface area contributed by atoms with Crippen molar-refractivity contribution in [3.8, 4) is 0 Å². The molecule has 3 N–H and O–H groups in total. The van der Waals surface area contributed by atoms with E-state index in [0.29, 0.717) is 11.1 Å². The highest BCUT2D eigenvalue weighted by Gasteiger charge is 2.49. The molecule has 0 bridgehead atoms. The molecule has 1 aromatic rings. The standard InChI is InChI=1S/C13H20N2O4S2/c1-7-8(6-20-12(7)21(14,17)18)11(16)15-9-5-10(19-4)13(9,2)3/h6,9-10H,5H2,1-4H3,(H,15,16)(H2,14,17,18). The van der Waals surface area contributed by atoms with Gasteiger partial charge in [0, 0.05) is 23.9 Å². The van der Waals surface area contributed by atoms with Crippen LogP contribution in [0.25, 0.3) is 0 Å². The third-order valence-corrected chi connectivity index (χ3v) is 6.95. The van der Waals surface area contributed by atoms with Crippen LogP contribution in [0.1, 0.15) is 36.2 Å². The molecule has 0 spiro atoms. The summed E-state index contributed by atoms with van der Waals surface area (Å²) in [5, 5.41) is 9.60. The maximum absolute atomic E-state index is 12.3. The van der Waals surface area contributed by atoms with E-state index in [9.17, 15) is 13.2 Å². The lowest BCUT2D eigenvalue weighted by atomic mass is 9.64. The third kappa shape index (κ3) is 2.85. The number of primary sulfonamides is 1. The van der Waals surface area contributed by atoms with Crippen LogP contribution in [0.3, 0.4) is 0 Å². The first-order chi connectivity index (χ1) is 9.59. The second-order valence-electron chi connectivity index (χ2n) is 5.91. The fourth-order valence-corrected chi connectivity index (χ4v) is 4.68. The van der Waals surface area contributed by atoms with Gasteiger partial charge in [-0.1, -0.05) is 13.8 Å².